The minimum Gasteiger partial charge on any atom is -0.469 e. The van der Waals surface area contributed by atoms with Gasteiger partial charge in [0.15, 0.2) is 0 Å². The molecule has 0 saturated carbocycles. The van der Waals surface area contributed by atoms with Gasteiger partial charge in [0.05, 0.1) is 7.11 Å². The molecule has 1 aliphatic rings. The molecule has 1 rings (SSSR count). The number of rotatable bonds is 3. The third-order valence-corrected chi connectivity index (χ3v) is 1.72. The fourth-order valence-electron chi connectivity index (χ4n) is 0.982. The van der Waals surface area contributed by atoms with Crippen molar-refractivity contribution in [3.8, 4) is 0 Å². The number of hydroxylamine groups is 2. The van der Waals surface area contributed by atoms with E-state index in [9.17, 15) is 19.2 Å². The van der Waals surface area contributed by atoms with Crippen LogP contribution in [-0.2, 0) is 28.8 Å². The lowest BCUT2D eigenvalue weighted by molar-refractivity contribution is -0.198. The summed E-state index contributed by atoms with van der Waals surface area (Å²) in [5.74, 6) is -2.96. The van der Waals surface area contributed by atoms with Crippen LogP contribution in [0.2, 0.25) is 0 Å². The molecule has 0 bridgehead atoms. The van der Waals surface area contributed by atoms with Gasteiger partial charge in [-0.1, -0.05) is 0 Å². The molecule has 0 aromatic rings. The third kappa shape index (κ3) is 2.76. The van der Waals surface area contributed by atoms with E-state index in [-0.39, 0.29) is 12.8 Å². The highest BCUT2D eigenvalue weighted by Gasteiger charge is 2.33. The minimum atomic E-state index is -0.995. The van der Waals surface area contributed by atoms with Crippen LogP contribution >= 0.6 is 0 Å². The summed E-state index contributed by atoms with van der Waals surface area (Å²) in [6.45, 7) is 0. The lowest BCUT2D eigenvalue weighted by atomic mass is 10.4. The molecule has 0 unspecified atom stereocenters. The van der Waals surface area contributed by atoms with E-state index in [0.717, 1.165) is 7.11 Å². The van der Waals surface area contributed by atoms with E-state index in [2.05, 4.69) is 9.57 Å². The van der Waals surface area contributed by atoms with Crippen molar-refractivity contribution in [1.29, 1.82) is 0 Å². The van der Waals surface area contributed by atoms with E-state index in [1.165, 1.54) is 0 Å². The maximum Gasteiger partial charge on any atom is 0.344 e. The molecule has 82 valence electrons. The van der Waals surface area contributed by atoms with Gasteiger partial charge in [0.2, 0.25) is 0 Å². The second-order valence-electron chi connectivity index (χ2n) is 2.80. The van der Waals surface area contributed by atoms with Crippen molar-refractivity contribution >= 4 is 23.8 Å². The lowest BCUT2D eigenvalue weighted by Crippen LogP contribution is -2.32. The van der Waals surface area contributed by atoms with E-state index in [0.29, 0.717) is 5.06 Å². The molecule has 1 aliphatic heterocycles. The monoisotopic (exact) mass is 215 g/mol. The minimum absolute atomic E-state index is 0.0182. The second kappa shape index (κ2) is 4.54. The van der Waals surface area contributed by atoms with Gasteiger partial charge in [-0.2, -0.15) is 0 Å². The van der Waals surface area contributed by atoms with Gasteiger partial charge in [-0.15, -0.1) is 5.06 Å². The van der Waals surface area contributed by atoms with Crippen molar-refractivity contribution < 1.29 is 28.8 Å². The molecule has 7 heteroatoms. The van der Waals surface area contributed by atoms with Gasteiger partial charge < -0.3 is 9.57 Å². The summed E-state index contributed by atoms with van der Waals surface area (Å²) in [6, 6.07) is 0. The van der Waals surface area contributed by atoms with Gasteiger partial charge in [0.1, 0.15) is 6.42 Å². The maximum absolute atomic E-state index is 11.0. The topological polar surface area (TPSA) is 90.0 Å². The Bertz CT molecular complexity index is 307. The van der Waals surface area contributed by atoms with Gasteiger partial charge >= 0.3 is 11.9 Å². The highest BCUT2D eigenvalue weighted by molar-refractivity contribution is 6.02. The highest BCUT2D eigenvalue weighted by atomic mass is 16.7. The Kier molecular flexibility index (Phi) is 3.37. The summed E-state index contributed by atoms with van der Waals surface area (Å²) in [6.07, 6.45) is -0.595. The number of carbonyl (C=O) groups is 4. The molecule has 0 radical (unpaired) electrons. The zero-order valence-electron chi connectivity index (χ0n) is 8.02. The Morgan fingerprint density at radius 1 is 1.20 bits per heavy atom. The van der Waals surface area contributed by atoms with E-state index >= 15 is 0 Å². The van der Waals surface area contributed by atoms with Crippen LogP contribution in [0, 0.1) is 0 Å². The standard InChI is InChI=1S/C8H9NO6/c1-14-7(12)4-8(13)15-9-5(10)2-3-6(9)11/h2-4H2,1H3. The number of amides is 2. The van der Waals surface area contributed by atoms with Crippen LogP contribution in [0.25, 0.3) is 0 Å². The number of carbonyl (C=O) groups excluding carboxylic acids is 4. The molecule has 0 aromatic carbocycles. The Morgan fingerprint density at radius 2 is 1.73 bits per heavy atom. The van der Waals surface area contributed by atoms with Crippen molar-refractivity contribution in [2.75, 3.05) is 7.11 Å². The average molecular weight is 215 g/mol. The normalized spacial score (nSPS) is 15.4. The number of esters is 1. The fraction of sp³-hybridized carbons (Fsp3) is 0.500. The number of imide groups is 1. The van der Waals surface area contributed by atoms with Crippen molar-refractivity contribution in [2.24, 2.45) is 0 Å². The lowest BCUT2D eigenvalue weighted by Gasteiger charge is -2.11. The maximum atomic E-state index is 11.0. The van der Waals surface area contributed by atoms with E-state index in [1.54, 1.807) is 0 Å². The number of methoxy groups -OCH3 is 1. The highest BCUT2D eigenvalue weighted by Crippen LogP contribution is 2.12. The summed E-state index contributed by atoms with van der Waals surface area (Å²) in [5.41, 5.74) is 0. The number of nitrogens with zero attached hydrogens (tertiary/aromatic N) is 1. The van der Waals surface area contributed by atoms with Crippen LogP contribution in [0.15, 0.2) is 0 Å². The summed E-state index contributed by atoms with van der Waals surface area (Å²) in [7, 11) is 1.11. The molecule has 2 amide bonds. The average Bonchev–Trinajstić information content (AvgIpc) is 2.49. The van der Waals surface area contributed by atoms with Crippen LogP contribution in [0.1, 0.15) is 19.3 Å². The summed E-state index contributed by atoms with van der Waals surface area (Å²) < 4.78 is 4.21. The molecule has 0 aromatic heterocycles. The van der Waals surface area contributed by atoms with E-state index in [4.69, 9.17) is 0 Å². The smallest absolute Gasteiger partial charge is 0.344 e. The summed E-state index contributed by atoms with van der Waals surface area (Å²) in [4.78, 5) is 48.0. The molecule has 1 heterocycles. The zero-order chi connectivity index (χ0) is 11.4. The van der Waals surface area contributed by atoms with Gasteiger partial charge in [-0.05, 0) is 0 Å². The molecule has 0 aliphatic carbocycles. The largest absolute Gasteiger partial charge is 0.469 e. The first-order valence-corrected chi connectivity index (χ1v) is 4.18. The third-order valence-electron chi connectivity index (χ3n) is 1.72. The molecule has 1 saturated heterocycles. The van der Waals surface area contributed by atoms with Crippen LogP contribution in [0.4, 0.5) is 0 Å². The first kappa shape index (κ1) is 11.2. The van der Waals surface area contributed by atoms with Crippen molar-refractivity contribution in [3.63, 3.8) is 0 Å². The molecule has 0 atom stereocenters. The number of hydrogen-bond acceptors (Lipinski definition) is 6. The van der Waals surface area contributed by atoms with Crippen LogP contribution in [0.5, 0.6) is 0 Å². The van der Waals surface area contributed by atoms with Gasteiger partial charge in [0, 0.05) is 12.8 Å². The Labute approximate surface area is 84.9 Å². The van der Waals surface area contributed by atoms with Crippen LogP contribution in [-0.4, -0.2) is 35.9 Å². The Balaban J connectivity index is 2.47. The molecule has 7 nitrogen and oxygen atoms in total. The molecular weight excluding hydrogens is 206 g/mol. The van der Waals surface area contributed by atoms with Gasteiger partial charge in [-0.3, -0.25) is 14.4 Å². The van der Waals surface area contributed by atoms with E-state index < -0.39 is 30.2 Å². The zero-order valence-corrected chi connectivity index (χ0v) is 8.02. The number of hydrogen-bond donors (Lipinski definition) is 0. The first-order valence-electron chi connectivity index (χ1n) is 4.18. The Morgan fingerprint density at radius 3 is 2.20 bits per heavy atom. The van der Waals surface area contributed by atoms with Crippen molar-refractivity contribution in [3.05, 3.63) is 0 Å². The molecular formula is C8H9NO6. The molecule has 1 fully saturated rings. The number of ether oxygens (including phenoxy) is 1. The quantitative estimate of drug-likeness (QED) is 0.346. The van der Waals surface area contributed by atoms with Gasteiger partial charge in [0.25, 0.3) is 11.8 Å². The molecule has 0 N–H and O–H groups in total. The molecule has 15 heavy (non-hydrogen) atoms. The first-order chi connectivity index (χ1) is 7.04. The van der Waals surface area contributed by atoms with Gasteiger partial charge in [-0.25, -0.2) is 4.79 Å². The summed E-state index contributed by atoms with van der Waals surface area (Å²) >= 11 is 0. The predicted octanol–water partition coefficient (Wildman–Crippen LogP) is -0.843. The van der Waals surface area contributed by atoms with Crippen LogP contribution in [0.3, 0.4) is 0 Å². The predicted molar refractivity (Wildman–Crippen MR) is 43.8 cm³/mol. The fourth-order valence-corrected chi connectivity index (χ4v) is 0.982. The van der Waals surface area contributed by atoms with Crippen molar-refractivity contribution in [2.45, 2.75) is 19.3 Å². The van der Waals surface area contributed by atoms with E-state index in [1.807, 2.05) is 0 Å². The molecule has 0 spiro atoms. The van der Waals surface area contributed by atoms with Crippen LogP contribution < -0.4 is 0 Å². The Hall–Kier alpha value is -1.92. The summed E-state index contributed by atoms with van der Waals surface area (Å²) in [5, 5.41) is 0.380. The van der Waals surface area contributed by atoms with Crippen molar-refractivity contribution in [1.82, 2.24) is 5.06 Å². The SMILES string of the molecule is COC(=O)CC(=O)ON1C(=O)CCC1=O. The second-order valence-corrected chi connectivity index (χ2v) is 2.80.